The summed E-state index contributed by atoms with van der Waals surface area (Å²) in [7, 11) is 0. The molecule has 1 aromatic heterocycles. The summed E-state index contributed by atoms with van der Waals surface area (Å²) >= 11 is 0. The third-order valence-corrected chi connectivity index (χ3v) is 1.15. The zero-order valence-electron chi connectivity index (χ0n) is 7.50. The summed E-state index contributed by atoms with van der Waals surface area (Å²) < 4.78 is 5.36. The zero-order valence-corrected chi connectivity index (χ0v) is 7.50. The summed E-state index contributed by atoms with van der Waals surface area (Å²) in [6.07, 6.45) is 1.46. The van der Waals surface area contributed by atoms with Crippen LogP contribution in [0.15, 0.2) is 18.3 Å². The van der Waals surface area contributed by atoms with E-state index < -0.39 is 0 Å². The van der Waals surface area contributed by atoms with E-state index in [-0.39, 0.29) is 11.5 Å². The normalized spacial score (nSPS) is 11.2. The van der Waals surface area contributed by atoms with Crippen molar-refractivity contribution < 1.29 is 9.84 Å². The fourth-order valence-electron chi connectivity index (χ4n) is 0.784. The van der Waals surface area contributed by atoms with E-state index in [0.29, 0.717) is 5.75 Å². The summed E-state index contributed by atoms with van der Waals surface area (Å²) in [5.41, 5.74) is -0.345. The lowest BCUT2D eigenvalue weighted by molar-refractivity contribution is 0.121. The second kappa shape index (κ2) is 3.01. The first-order chi connectivity index (χ1) is 5.49. The minimum atomic E-state index is -0.345. The number of nitrogens with zero attached hydrogens (tertiary/aromatic N) is 1. The lowest BCUT2D eigenvalue weighted by atomic mass is 10.2. The predicted molar refractivity (Wildman–Crippen MR) is 44.8 cm³/mol. The van der Waals surface area contributed by atoms with Gasteiger partial charge >= 0.3 is 5.88 Å². The quantitative estimate of drug-likeness (QED) is 0.642. The Morgan fingerprint density at radius 1 is 1.42 bits per heavy atom. The van der Waals surface area contributed by atoms with Gasteiger partial charge in [0.15, 0.2) is 5.75 Å². The molecule has 1 heterocycles. The molecule has 0 unspecified atom stereocenters. The van der Waals surface area contributed by atoms with Crippen LogP contribution in [0.3, 0.4) is 0 Å². The number of aromatic nitrogens is 1. The molecule has 0 aromatic carbocycles. The van der Waals surface area contributed by atoms with Crippen molar-refractivity contribution in [3.8, 4) is 11.6 Å². The van der Waals surface area contributed by atoms with Gasteiger partial charge in [-0.25, -0.2) is 4.98 Å². The highest BCUT2D eigenvalue weighted by Gasteiger charge is 2.15. The molecule has 0 saturated heterocycles. The molecule has 0 bridgehead atoms. The monoisotopic (exact) mass is 166 g/mol. The fourth-order valence-corrected chi connectivity index (χ4v) is 0.784. The highest BCUT2D eigenvalue weighted by molar-refractivity contribution is 5.31. The number of pyridine rings is 1. The number of hydrogen-bond acceptors (Lipinski definition) is 2. The molecule has 0 atom stereocenters. The van der Waals surface area contributed by atoms with Gasteiger partial charge in [0.05, 0.1) is 0 Å². The molecule has 1 aromatic rings. The first-order valence-corrected chi connectivity index (χ1v) is 3.80. The maximum absolute atomic E-state index is 11.1. The highest BCUT2D eigenvalue weighted by atomic mass is 16.5. The van der Waals surface area contributed by atoms with E-state index in [1.807, 2.05) is 20.8 Å². The van der Waals surface area contributed by atoms with Crippen molar-refractivity contribution in [3.05, 3.63) is 18.3 Å². The van der Waals surface area contributed by atoms with Crippen molar-refractivity contribution >= 4 is 0 Å². The standard InChI is InChI=1S/C9H12NO2/c1-9(2,3)12-7-5-4-6-10-8(7)11/h4-6H,1-3H3. The lowest BCUT2D eigenvalue weighted by Crippen LogP contribution is -2.22. The molecule has 0 aliphatic heterocycles. The van der Waals surface area contributed by atoms with Crippen molar-refractivity contribution in [2.24, 2.45) is 0 Å². The van der Waals surface area contributed by atoms with Crippen molar-refractivity contribution in [3.63, 3.8) is 0 Å². The van der Waals surface area contributed by atoms with Crippen molar-refractivity contribution in [2.75, 3.05) is 0 Å². The molecule has 0 aliphatic rings. The van der Waals surface area contributed by atoms with Crippen LogP contribution in [0.5, 0.6) is 11.6 Å². The molecule has 3 nitrogen and oxygen atoms in total. The van der Waals surface area contributed by atoms with Crippen LogP contribution < -0.4 is 4.74 Å². The van der Waals surface area contributed by atoms with Crippen LogP contribution in [0, 0.1) is 0 Å². The number of hydrogen-bond donors (Lipinski definition) is 0. The Morgan fingerprint density at radius 3 is 2.58 bits per heavy atom. The van der Waals surface area contributed by atoms with Crippen LogP contribution in [0.4, 0.5) is 0 Å². The Labute approximate surface area is 72.0 Å². The Kier molecular flexibility index (Phi) is 2.22. The molecule has 0 spiro atoms. The van der Waals surface area contributed by atoms with Gasteiger partial charge in [0.1, 0.15) is 5.60 Å². The van der Waals surface area contributed by atoms with Crippen LogP contribution in [0.1, 0.15) is 20.8 Å². The average Bonchev–Trinajstić information content (AvgIpc) is 1.91. The Morgan fingerprint density at radius 2 is 2.08 bits per heavy atom. The summed E-state index contributed by atoms with van der Waals surface area (Å²) in [6.45, 7) is 5.66. The SMILES string of the molecule is CC(C)(C)Oc1cccnc1[O]. The summed E-state index contributed by atoms with van der Waals surface area (Å²) in [6, 6.07) is 3.31. The van der Waals surface area contributed by atoms with Crippen molar-refractivity contribution in [2.45, 2.75) is 26.4 Å². The first kappa shape index (κ1) is 8.84. The van der Waals surface area contributed by atoms with E-state index in [4.69, 9.17) is 4.74 Å². The second-order valence-electron chi connectivity index (χ2n) is 3.52. The maximum Gasteiger partial charge on any atom is 0.311 e. The lowest BCUT2D eigenvalue weighted by Gasteiger charge is -2.20. The molecule has 0 N–H and O–H groups in total. The van der Waals surface area contributed by atoms with Crippen molar-refractivity contribution in [1.29, 1.82) is 0 Å². The van der Waals surface area contributed by atoms with Gasteiger partial charge in [-0.1, -0.05) is 0 Å². The molecule has 1 radical (unpaired) electrons. The molecule has 65 valence electrons. The van der Waals surface area contributed by atoms with Crippen LogP contribution in [-0.2, 0) is 5.11 Å². The van der Waals surface area contributed by atoms with Crippen LogP contribution in [0.25, 0.3) is 0 Å². The summed E-state index contributed by atoms with van der Waals surface area (Å²) in [4.78, 5) is 3.58. The second-order valence-corrected chi connectivity index (χ2v) is 3.52. The molecule has 3 heteroatoms. The Balaban J connectivity index is 2.83. The van der Waals surface area contributed by atoms with Gasteiger partial charge in [-0.05, 0) is 32.9 Å². The molecule has 1 rings (SSSR count). The van der Waals surface area contributed by atoms with E-state index in [0.717, 1.165) is 0 Å². The van der Waals surface area contributed by atoms with Crippen LogP contribution in [0.2, 0.25) is 0 Å². The Bertz CT molecular complexity index is 265. The number of ether oxygens (including phenoxy) is 1. The van der Waals surface area contributed by atoms with E-state index in [1.54, 1.807) is 12.1 Å². The molecule has 0 fully saturated rings. The van der Waals surface area contributed by atoms with Crippen molar-refractivity contribution in [1.82, 2.24) is 4.98 Å². The predicted octanol–water partition coefficient (Wildman–Crippen LogP) is 2.40. The third-order valence-electron chi connectivity index (χ3n) is 1.15. The minimum absolute atomic E-state index is 0.310. The minimum Gasteiger partial charge on any atom is -0.482 e. The smallest absolute Gasteiger partial charge is 0.311 e. The van der Waals surface area contributed by atoms with Gasteiger partial charge in [-0.3, -0.25) is 5.11 Å². The molecule has 0 amide bonds. The van der Waals surface area contributed by atoms with Crippen LogP contribution >= 0.6 is 0 Å². The van der Waals surface area contributed by atoms with E-state index in [9.17, 15) is 5.11 Å². The Hall–Kier alpha value is -1.25. The summed E-state index contributed by atoms with van der Waals surface area (Å²) in [5.74, 6) is -0.00238. The van der Waals surface area contributed by atoms with Gasteiger partial charge in [0, 0.05) is 6.20 Å². The maximum atomic E-state index is 11.1. The van der Waals surface area contributed by atoms with Gasteiger partial charge in [-0.15, -0.1) is 0 Å². The van der Waals surface area contributed by atoms with Crippen LogP contribution in [-0.4, -0.2) is 10.6 Å². The first-order valence-electron chi connectivity index (χ1n) is 3.80. The van der Waals surface area contributed by atoms with Gasteiger partial charge < -0.3 is 4.74 Å². The molecular weight excluding hydrogens is 154 g/mol. The average molecular weight is 166 g/mol. The van der Waals surface area contributed by atoms with Gasteiger partial charge in [-0.2, -0.15) is 0 Å². The largest absolute Gasteiger partial charge is 0.482 e. The van der Waals surface area contributed by atoms with E-state index >= 15 is 0 Å². The topological polar surface area (TPSA) is 42.0 Å². The number of rotatable bonds is 1. The van der Waals surface area contributed by atoms with E-state index in [1.165, 1.54) is 6.20 Å². The molecule has 0 saturated carbocycles. The summed E-state index contributed by atoms with van der Waals surface area (Å²) in [5, 5.41) is 11.1. The zero-order chi connectivity index (χ0) is 9.19. The van der Waals surface area contributed by atoms with Gasteiger partial charge in [0.2, 0.25) is 0 Å². The fraction of sp³-hybridized carbons (Fsp3) is 0.444. The third kappa shape index (κ3) is 2.42. The molecular formula is C9H12NO2. The molecule has 0 aliphatic carbocycles. The highest BCUT2D eigenvalue weighted by Crippen LogP contribution is 2.26. The van der Waals surface area contributed by atoms with E-state index in [2.05, 4.69) is 4.98 Å². The van der Waals surface area contributed by atoms with Gasteiger partial charge in [0.25, 0.3) is 0 Å². The molecule has 12 heavy (non-hydrogen) atoms.